The molecule has 0 aliphatic carbocycles. The average molecular weight is 275 g/mol. The minimum absolute atomic E-state index is 0.0706. The van der Waals surface area contributed by atoms with Crippen molar-refractivity contribution in [1.29, 1.82) is 0 Å². The van der Waals surface area contributed by atoms with Crippen molar-refractivity contribution in [3.63, 3.8) is 0 Å². The van der Waals surface area contributed by atoms with Crippen molar-refractivity contribution in [3.05, 3.63) is 35.9 Å². The van der Waals surface area contributed by atoms with E-state index in [-0.39, 0.29) is 11.5 Å². The van der Waals surface area contributed by atoms with Gasteiger partial charge in [0, 0.05) is 5.92 Å². The van der Waals surface area contributed by atoms with Crippen molar-refractivity contribution in [3.8, 4) is 0 Å². The van der Waals surface area contributed by atoms with Gasteiger partial charge < -0.3 is 4.55 Å². The van der Waals surface area contributed by atoms with Crippen molar-refractivity contribution in [2.75, 3.05) is 11.5 Å². The maximum Gasteiger partial charge on any atom is 0.153 e. The maximum atomic E-state index is 11.5. The van der Waals surface area contributed by atoms with E-state index in [1.165, 1.54) is 0 Å². The highest BCUT2D eigenvalue weighted by atomic mass is 32.2. The molecule has 17 heavy (non-hydrogen) atoms. The summed E-state index contributed by atoms with van der Waals surface area (Å²) in [6, 6.07) is 8.93. The zero-order valence-corrected chi connectivity index (χ0v) is 10.4. The molecule has 0 spiro atoms. The Labute approximate surface area is 102 Å². The van der Waals surface area contributed by atoms with Gasteiger partial charge in [0.1, 0.15) is 0 Å². The van der Waals surface area contributed by atoms with Gasteiger partial charge in [-0.25, -0.2) is 12.6 Å². The highest BCUT2D eigenvalue weighted by Crippen LogP contribution is 2.31. The van der Waals surface area contributed by atoms with Gasteiger partial charge in [-0.05, 0) is 5.56 Å². The third-order valence-corrected chi connectivity index (χ3v) is 4.84. The molecule has 1 aromatic rings. The van der Waals surface area contributed by atoms with Gasteiger partial charge in [0.25, 0.3) is 0 Å². The predicted octanol–water partition coefficient (Wildman–Crippen LogP) is 0.378. The summed E-state index contributed by atoms with van der Waals surface area (Å²) in [6.07, 6.45) is -0.819. The van der Waals surface area contributed by atoms with Crippen LogP contribution < -0.4 is 0 Å². The van der Waals surface area contributed by atoms with Crippen LogP contribution in [0.4, 0.5) is 0 Å². The van der Waals surface area contributed by atoms with Crippen LogP contribution >= 0.6 is 0 Å². The highest BCUT2D eigenvalue weighted by molar-refractivity contribution is 7.91. The average Bonchev–Trinajstić information content (AvgIpc) is 2.54. The van der Waals surface area contributed by atoms with Gasteiger partial charge in [-0.15, -0.1) is 0 Å². The summed E-state index contributed by atoms with van der Waals surface area (Å²) >= 11 is -2.70. The molecule has 0 aromatic heterocycles. The minimum Gasteiger partial charge on any atom is -0.750 e. The molecule has 1 fully saturated rings. The Bertz CT molecular complexity index is 511. The van der Waals surface area contributed by atoms with Crippen molar-refractivity contribution in [2.45, 2.75) is 12.0 Å². The molecule has 94 valence electrons. The maximum absolute atomic E-state index is 11.5. The number of hydrogen-bond acceptors (Lipinski definition) is 5. The zero-order valence-electron chi connectivity index (χ0n) is 8.81. The standard InChI is InChI=1S/C10H12O5S2/c11-16(12)15-10-7-17(13,14)6-9(10)8-4-2-1-3-5-8/h1-5,9-10H,6-7H2,(H,11,12)/p-1/t9-,10+/m1/s1. The van der Waals surface area contributed by atoms with Gasteiger partial charge in [0.15, 0.2) is 9.84 Å². The lowest BCUT2D eigenvalue weighted by Gasteiger charge is -2.19. The third-order valence-electron chi connectivity index (χ3n) is 2.73. The van der Waals surface area contributed by atoms with E-state index in [2.05, 4.69) is 4.18 Å². The Morgan fingerprint density at radius 2 is 1.88 bits per heavy atom. The van der Waals surface area contributed by atoms with E-state index in [4.69, 9.17) is 0 Å². The fraction of sp³-hybridized carbons (Fsp3) is 0.400. The molecule has 1 heterocycles. The van der Waals surface area contributed by atoms with Gasteiger partial charge in [0.05, 0.1) is 29.0 Å². The summed E-state index contributed by atoms with van der Waals surface area (Å²) in [5.74, 6) is -0.738. The van der Waals surface area contributed by atoms with E-state index in [1.54, 1.807) is 24.3 Å². The summed E-state index contributed by atoms with van der Waals surface area (Å²) in [5.41, 5.74) is 0.782. The summed E-state index contributed by atoms with van der Waals surface area (Å²) in [4.78, 5) is 0. The molecule has 1 saturated heterocycles. The van der Waals surface area contributed by atoms with E-state index in [0.717, 1.165) is 5.56 Å². The number of hydrogen-bond donors (Lipinski definition) is 0. The Morgan fingerprint density at radius 1 is 1.24 bits per heavy atom. The monoisotopic (exact) mass is 275 g/mol. The van der Waals surface area contributed by atoms with Gasteiger partial charge in [-0.3, -0.25) is 4.18 Å². The van der Waals surface area contributed by atoms with Crippen LogP contribution in [-0.2, 0) is 25.4 Å². The molecular formula is C10H11O5S2-. The Morgan fingerprint density at radius 3 is 2.47 bits per heavy atom. The van der Waals surface area contributed by atoms with Crippen molar-refractivity contribution in [1.82, 2.24) is 0 Å². The van der Waals surface area contributed by atoms with Crippen LogP contribution in [0.3, 0.4) is 0 Å². The second kappa shape index (κ2) is 4.85. The van der Waals surface area contributed by atoms with Gasteiger partial charge in [-0.1, -0.05) is 30.3 Å². The van der Waals surface area contributed by atoms with E-state index in [0.29, 0.717) is 0 Å². The Balaban J connectivity index is 2.28. The van der Waals surface area contributed by atoms with Gasteiger partial charge in [-0.2, -0.15) is 0 Å². The molecule has 3 atom stereocenters. The normalized spacial score (nSPS) is 29.0. The summed E-state index contributed by atoms with van der Waals surface area (Å²) in [7, 11) is -3.24. The predicted molar refractivity (Wildman–Crippen MR) is 61.6 cm³/mol. The largest absolute Gasteiger partial charge is 0.750 e. The first kappa shape index (κ1) is 12.7. The zero-order chi connectivity index (χ0) is 12.5. The van der Waals surface area contributed by atoms with Crippen LogP contribution in [0.2, 0.25) is 0 Å². The SMILES string of the molecule is O=S([O-])O[C@H]1CS(=O)(=O)C[C@@H]1c1ccccc1. The molecule has 5 nitrogen and oxygen atoms in total. The van der Waals surface area contributed by atoms with E-state index in [1.807, 2.05) is 6.07 Å². The second-order valence-electron chi connectivity index (χ2n) is 3.93. The third kappa shape index (κ3) is 3.12. The Kier molecular flexibility index (Phi) is 3.62. The molecule has 2 rings (SSSR count). The lowest BCUT2D eigenvalue weighted by atomic mass is 9.97. The highest BCUT2D eigenvalue weighted by Gasteiger charge is 2.39. The molecule has 1 aromatic carbocycles. The second-order valence-corrected chi connectivity index (χ2v) is 6.69. The topological polar surface area (TPSA) is 83.5 Å². The van der Waals surface area contributed by atoms with Crippen LogP contribution in [-0.4, -0.2) is 34.8 Å². The van der Waals surface area contributed by atoms with Crippen molar-refractivity contribution < 1.29 is 21.4 Å². The summed E-state index contributed by atoms with van der Waals surface area (Å²) < 4.78 is 48.8. The van der Waals surface area contributed by atoms with E-state index >= 15 is 0 Å². The number of benzene rings is 1. The van der Waals surface area contributed by atoms with Crippen molar-refractivity contribution in [2.24, 2.45) is 0 Å². The van der Waals surface area contributed by atoms with E-state index < -0.39 is 33.2 Å². The quantitative estimate of drug-likeness (QED) is 0.745. The molecule has 1 aliphatic heterocycles. The van der Waals surface area contributed by atoms with Crippen LogP contribution in [0.5, 0.6) is 0 Å². The van der Waals surface area contributed by atoms with Gasteiger partial charge >= 0.3 is 0 Å². The number of sulfone groups is 1. The van der Waals surface area contributed by atoms with Crippen LogP contribution in [0.1, 0.15) is 11.5 Å². The molecule has 0 radical (unpaired) electrons. The lowest BCUT2D eigenvalue weighted by molar-refractivity contribution is 0.206. The first-order valence-corrected chi connectivity index (χ1v) is 7.82. The smallest absolute Gasteiger partial charge is 0.153 e. The molecule has 0 saturated carbocycles. The molecule has 7 heteroatoms. The Hall–Kier alpha value is -0.760. The lowest BCUT2D eigenvalue weighted by Crippen LogP contribution is -2.22. The molecule has 0 amide bonds. The fourth-order valence-corrected chi connectivity index (χ4v) is 4.40. The molecule has 1 unspecified atom stereocenters. The van der Waals surface area contributed by atoms with Crippen LogP contribution in [0.25, 0.3) is 0 Å². The van der Waals surface area contributed by atoms with E-state index in [9.17, 15) is 17.2 Å². The fourth-order valence-electron chi connectivity index (χ4n) is 2.02. The molecule has 0 N–H and O–H groups in total. The molecule has 0 bridgehead atoms. The number of rotatable bonds is 3. The van der Waals surface area contributed by atoms with Crippen molar-refractivity contribution >= 4 is 21.2 Å². The first-order valence-electron chi connectivity index (χ1n) is 5.00. The summed E-state index contributed by atoms with van der Waals surface area (Å²) in [5, 5.41) is 0. The minimum atomic E-state index is -3.24. The van der Waals surface area contributed by atoms with Crippen LogP contribution in [0, 0.1) is 0 Å². The molecular weight excluding hydrogens is 264 g/mol. The van der Waals surface area contributed by atoms with Gasteiger partial charge in [0.2, 0.25) is 0 Å². The molecule has 1 aliphatic rings. The first-order chi connectivity index (χ1) is 7.98. The van der Waals surface area contributed by atoms with Crippen LogP contribution in [0.15, 0.2) is 30.3 Å². The summed E-state index contributed by atoms with van der Waals surface area (Å²) in [6.45, 7) is 0.